The van der Waals surface area contributed by atoms with Gasteiger partial charge in [0.15, 0.2) is 0 Å². The summed E-state index contributed by atoms with van der Waals surface area (Å²) in [4.78, 5) is 22.8. The molecule has 0 N–H and O–H groups in total. The van der Waals surface area contributed by atoms with Crippen LogP contribution in [-0.4, -0.2) is 11.6 Å². The monoisotopic (exact) mass is 222 g/mol. The number of hydrogen-bond acceptors (Lipinski definition) is 2. The number of benzene rings is 1. The third kappa shape index (κ3) is 2.35. The van der Waals surface area contributed by atoms with Gasteiger partial charge in [-0.1, -0.05) is 6.07 Å². The van der Waals surface area contributed by atoms with Crippen LogP contribution in [0.4, 0.5) is 4.39 Å². The molecule has 2 nitrogen and oxygen atoms in total. The highest BCUT2D eigenvalue weighted by Crippen LogP contribution is 2.26. The summed E-state index contributed by atoms with van der Waals surface area (Å²) in [5.74, 6) is -2.09. The van der Waals surface area contributed by atoms with Gasteiger partial charge in [0.2, 0.25) is 0 Å². The van der Waals surface area contributed by atoms with Crippen LogP contribution in [0.1, 0.15) is 36.5 Å². The van der Waals surface area contributed by atoms with Gasteiger partial charge in [-0.2, -0.15) is 0 Å². The van der Waals surface area contributed by atoms with E-state index in [9.17, 15) is 14.0 Å². The van der Waals surface area contributed by atoms with Gasteiger partial charge in [0, 0.05) is 5.56 Å². The van der Waals surface area contributed by atoms with Gasteiger partial charge in [0.25, 0.3) is 0 Å². The van der Waals surface area contributed by atoms with Gasteiger partial charge in [-0.05, 0) is 44.9 Å². The van der Waals surface area contributed by atoms with Crippen molar-refractivity contribution in [2.75, 3.05) is 0 Å². The normalized spacial score (nSPS) is 10.6. The third-order valence-corrected chi connectivity index (χ3v) is 2.58. The minimum Gasteiger partial charge on any atom is -0.299 e. The van der Waals surface area contributed by atoms with Crippen LogP contribution in [0.3, 0.4) is 0 Å². The van der Waals surface area contributed by atoms with Crippen molar-refractivity contribution in [3.8, 4) is 0 Å². The molecule has 0 fully saturated rings. The van der Waals surface area contributed by atoms with E-state index in [-0.39, 0.29) is 17.1 Å². The van der Waals surface area contributed by atoms with E-state index < -0.39 is 11.7 Å². The molecule has 3 heteroatoms. The van der Waals surface area contributed by atoms with Gasteiger partial charge < -0.3 is 0 Å². The first-order chi connectivity index (χ1) is 7.34. The molecule has 0 unspecified atom stereocenters. The molecule has 0 radical (unpaired) electrons. The second kappa shape index (κ2) is 4.56. The molecule has 0 aliphatic rings. The van der Waals surface area contributed by atoms with Crippen LogP contribution in [-0.2, 0) is 9.59 Å². The fourth-order valence-electron chi connectivity index (χ4n) is 1.99. The maximum atomic E-state index is 13.8. The third-order valence-electron chi connectivity index (χ3n) is 2.58. The Labute approximate surface area is 94.5 Å². The lowest BCUT2D eigenvalue weighted by Crippen LogP contribution is -2.19. The first-order valence-corrected chi connectivity index (χ1v) is 5.12. The number of aryl methyl sites for hydroxylation is 2. The van der Waals surface area contributed by atoms with Gasteiger partial charge in [0.05, 0.1) is 0 Å². The quantitative estimate of drug-likeness (QED) is 0.737. The highest BCUT2D eigenvalue weighted by atomic mass is 19.1. The number of ketones is 2. The number of rotatable bonds is 3. The fourth-order valence-corrected chi connectivity index (χ4v) is 1.99. The summed E-state index contributed by atoms with van der Waals surface area (Å²) in [7, 11) is 0. The zero-order chi connectivity index (χ0) is 12.5. The van der Waals surface area contributed by atoms with E-state index in [4.69, 9.17) is 0 Å². The molecule has 0 aromatic heterocycles. The minimum absolute atomic E-state index is 0.214. The van der Waals surface area contributed by atoms with E-state index in [1.54, 1.807) is 19.9 Å². The van der Waals surface area contributed by atoms with E-state index >= 15 is 0 Å². The number of hydrogen-bond donors (Lipinski definition) is 0. The first kappa shape index (κ1) is 12.6. The van der Waals surface area contributed by atoms with Crippen LogP contribution in [0.5, 0.6) is 0 Å². The standard InChI is InChI=1S/C13H15FO2/c1-7-5-8(2)12(11(14)6-7)13(9(3)15)10(4)16/h5-6,13H,1-4H3. The van der Waals surface area contributed by atoms with Crippen LogP contribution >= 0.6 is 0 Å². The van der Waals surface area contributed by atoms with Crippen molar-refractivity contribution in [2.24, 2.45) is 0 Å². The van der Waals surface area contributed by atoms with Crippen molar-refractivity contribution >= 4 is 11.6 Å². The Hall–Kier alpha value is -1.51. The van der Waals surface area contributed by atoms with Crippen LogP contribution in [0.25, 0.3) is 0 Å². The second-order valence-corrected chi connectivity index (χ2v) is 4.13. The zero-order valence-corrected chi connectivity index (χ0v) is 9.93. The van der Waals surface area contributed by atoms with Gasteiger partial charge in [-0.25, -0.2) is 4.39 Å². The molecular formula is C13H15FO2. The smallest absolute Gasteiger partial charge is 0.144 e. The van der Waals surface area contributed by atoms with Gasteiger partial charge in [-0.3, -0.25) is 9.59 Å². The number of halogens is 1. The molecule has 1 aromatic rings. The molecule has 1 aromatic carbocycles. The second-order valence-electron chi connectivity index (χ2n) is 4.13. The van der Waals surface area contributed by atoms with E-state index in [0.717, 1.165) is 5.56 Å². The molecule has 86 valence electrons. The summed E-state index contributed by atoms with van der Waals surface area (Å²) in [6.07, 6.45) is 0. The fraction of sp³-hybridized carbons (Fsp3) is 0.385. The molecular weight excluding hydrogens is 207 g/mol. The van der Waals surface area contributed by atoms with Gasteiger partial charge in [0.1, 0.15) is 23.3 Å². The Kier molecular flexibility index (Phi) is 3.58. The number of Topliss-reactive ketones (excluding diaryl/α,β-unsaturated/α-hetero) is 2. The van der Waals surface area contributed by atoms with E-state index in [0.29, 0.717) is 5.56 Å². The van der Waals surface area contributed by atoms with Crippen molar-refractivity contribution in [3.05, 3.63) is 34.6 Å². The van der Waals surface area contributed by atoms with E-state index in [1.807, 2.05) is 0 Å². The molecule has 0 saturated heterocycles. The van der Waals surface area contributed by atoms with Crippen molar-refractivity contribution < 1.29 is 14.0 Å². The van der Waals surface area contributed by atoms with Crippen LogP contribution in [0.2, 0.25) is 0 Å². The maximum Gasteiger partial charge on any atom is 0.144 e. The zero-order valence-electron chi connectivity index (χ0n) is 9.93. The molecule has 0 aliphatic carbocycles. The molecule has 0 aliphatic heterocycles. The van der Waals surface area contributed by atoms with Gasteiger partial charge >= 0.3 is 0 Å². The molecule has 0 spiro atoms. The molecule has 0 bridgehead atoms. The predicted octanol–water partition coefficient (Wildman–Crippen LogP) is 2.70. The average molecular weight is 222 g/mol. The van der Waals surface area contributed by atoms with Crippen LogP contribution < -0.4 is 0 Å². The van der Waals surface area contributed by atoms with Gasteiger partial charge in [-0.15, -0.1) is 0 Å². The summed E-state index contributed by atoms with van der Waals surface area (Å²) < 4.78 is 13.8. The number of carbonyl (C=O) groups is 2. The lowest BCUT2D eigenvalue weighted by atomic mass is 9.87. The molecule has 0 heterocycles. The topological polar surface area (TPSA) is 34.1 Å². The Morgan fingerprint density at radius 3 is 2.00 bits per heavy atom. The summed E-state index contributed by atoms with van der Waals surface area (Å²) in [5, 5.41) is 0. The van der Waals surface area contributed by atoms with Crippen molar-refractivity contribution in [1.29, 1.82) is 0 Å². The minimum atomic E-state index is -0.972. The summed E-state index contributed by atoms with van der Waals surface area (Å²) in [6, 6.07) is 3.12. The lowest BCUT2D eigenvalue weighted by Gasteiger charge is -2.15. The van der Waals surface area contributed by atoms with Crippen LogP contribution in [0, 0.1) is 19.7 Å². The van der Waals surface area contributed by atoms with Crippen molar-refractivity contribution in [3.63, 3.8) is 0 Å². The van der Waals surface area contributed by atoms with Crippen molar-refractivity contribution in [1.82, 2.24) is 0 Å². The SMILES string of the molecule is CC(=O)C(C(C)=O)c1c(C)cc(C)cc1F. The first-order valence-electron chi connectivity index (χ1n) is 5.12. The largest absolute Gasteiger partial charge is 0.299 e. The molecule has 1 rings (SSSR count). The molecule has 0 amide bonds. The number of carbonyl (C=O) groups excluding carboxylic acids is 2. The van der Waals surface area contributed by atoms with Crippen LogP contribution in [0.15, 0.2) is 12.1 Å². The Bertz CT molecular complexity index is 412. The lowest BCUT2D eigenvalue weighted by molar-refractivity contribution is -0.127. The Morgan fingerprint density at radius 2 is 1.62 bits per heavy atom. The Balaban J connectivity index is 3.41. The molecule has 0 atom stereocenters. The molecule has 16 heavy (non-hydrogen) atoms. The summed E-state index contributed by atoms with van der Waals surface area (Å²) >= 11 is 0. The summed E-state index contributed by atoms with van der Waals surface area (Å²) in [6.45, 7) is 6.11. The van der Waals surface area contributed by atoms with Crippen molar-refractivity contribution in [2.45, 2.75) is 33.6 Å². The van der Waals surface area contributed by atoms with E-state index in [2.05, 4.69) is 0 Å². The highest BCUT2D eigenvalue weighted by molar-refractivity contribution is 6.05. The predicted molar refractivity (Wildman–Crippen MR) is 60.0 cm³/mol. The summed E-state index contributed by atoms with van der Waals surface area (Å²) in [5.41, 5.74) is 1.64. The van der Waals surface area contributed by atoms with E-state index in [1.165, 1.54) is 19.9 Å². The average Bonchev–Trinajstić information content (AvgIpc) is 2.09. The highest BCUT2D eigenvalue weighted by Gasteiger charge is 2.26. The molecule has 0 saturated carbocycles. The maximum absolute atomic E-state index is 13.8. The Morgan fingerprint density at radius 1 is 1.12 bits per heavy atom.